The van der Waals surface area contributed by atoms with Gasteiger partial charge in [-0.05, 0) is 30.2 Å². The molecule has 0 aliphatic rings. The Morgan fingerprint density at radius 3 is 2.21 bits per heavy atom. The molecule has 0 fully saturated rings. The van der Waals surface area contributed by atoms with Gasteiger partial charge < -0.3 is 15.8 Å². The summed E-state index contributed by atoms with van der Waals surface area (Å²) >= 11 is 0. The lowest BCUT2D eigenvalue weighted by molar-refractivity contribution is -0.123. The molecule has 2 atom stereocenters. The van der Waals surface area contributed by atoms with Gasteiger partial charge in [0, 0.05) is 13.7 Å². The number of methoxy groups -OCH3 is 1. The number of carbonyl (C=O) groups excluding carboxylic acids is 1. The van der Waals surface area contributed by atoms with E-state index in [0.29, 0.717) is 0 Å². The highest BCUT2D eigenvalue weighted by atomic mass is 35.5. The fourth-order valence-corrected chi connectivity index (χ4v) is 2.24. The van der Waals surface area contributed by atoms with Crippen LogP contribution in [0.15, 0.2) is 48.5 Å². The zero-order valence-corrected chi connectivity index (χ0v) is 14.5. The standard InChI is InChI=1S/C18H21FN2O2.ClH/c1-12-3-5-14(6-4-12)17(20)18(22)21-11-16(23-2)13-7-9-15(19)10-8-13;/h3-10,16-17H,11,20H2,1-2H3,(H,21,22);1H. The van der Waals surface area contributed by atoms with Gasteiger partial charge in [0.2, 0.25) is 5.91 Å². The summed E-state index contributed by atoms with van der Waals surface area (Å²) in [5.74, 6) is -0.591. The summed E-state index contributed by atoms with van der Waals surface area (Å²) in [5, 5.41) is 2.78. The number of carbonyl (C=O) groups is 1. The Morgan fingerprint density at radius 2 is 1.67 bits per heavy atom. The lowest BCUT2D eigenvalue weighted by atomic mass is 10.0. The third-order valence-electron chi connectivity index (χ3n) is 3.71. The first-order chi connectivity index (χ1) is 11.0. The SMILES string of the molecule is COC(CNC(=O)C(N)c1ccc(C)cc1)c1ccc(F)cc1.Cl. The maximum Gasteiger partial charge on any atom is 0.241 e. The van der Waals surface area contributed by atoms with Crippen LogP contribution in [0.3, 0.4) is 0 Å². The number of halogens is 2. The first-order valence-electron chi connectivity index (χ1n) is 7.39. The smallest absolute Gasteiger partial charge is 0.241 e. The maximum absolute atomic E-state index is 13.0. The first kappa shape index (κ1) is 20.1. The van der Waals surface area contributed by atoms with Crippen LogP contribution in [0.1, 0.15) is 28.8 Å². The van der Waals surface area contributed by atoms with Gasteiger partial charge in [0.25, 0.3) is 0 Å². The summed E-state index contributed by atoms with van der Waals surface area (Å²) in [4.78, 5) is 12.2. The summed E-state index contributed by atoms with van der Waals surface area (Å²) in [5.41, 5.74) is 8.62. The Balaban J connectivity index is 0.00000288. The van der Waals surface area contributed by atoms with Crippen LogP contribution in [-0.4, -0.2) is 19.6 Å². The summed E-state index contributed by atoms with van der Waals surface area (Å²) in [6.07, 6.45) is -0.357. The molecule has 0 radical (unpaired) electrons. The van der Waals surface area contributed by atoms with Crippen LogP contribution in [-0.2, 0) is 9.53 Å². The molecule has 0 saturated heterocycles. The number of ether oxygens (including phenoxy) is 1. The summed E-state index contributed by atoms with van der Waals surface area (Å²) < 4.78 is 18.3. The number of hydrogen-bond acceptors (Lipinski definition) is 3. The van der Waals surface area contributed by atoms with Gasteiger partial charge in [-0.1, -0.05) is 42.0 Å². The Bertz CT molecular complexity index is 647. The lowest BCUT2D eigenvalue weighted by Crippen LogP contribution is -2.36. The van der Waals surface area contributed by atoms with Crippen molar-refractivity contribution in [3.8, 4) is 0 Å². The second-order valence-electron chi connectivity index (χ2n) is 5.41. The Kier molecular flexibility index (Phi) is 7.85. The van der Waals surface area contributed by atoms with E-state index in [1.807, 2.05) is 31.2 Å². The highest BCUT2D eigenvalue weighted by Crippen LogP contribution is 2.17. The van der Waals surface area contributed by atoms with Gasteiger partial charge in [-0.3, -0.25) is 4.79 Å². The van der Waals surface area contributed by atoms with Crippen LogP contribution in [0.4, 0.5) is 4.39 Å². The summed E-state index contributed by atoms with van der Waals surface area (Å²) in [6.45, 7) is 2.24. The second kappa shape index (κ2) is 9.37. The quantitative estimate of drug-likeness (QED) is 0.839. The van der Waals surface area contributed by atoms with Gasteiger partial charge in [0.1, 0.15) is 11.9 Å². The molecule has 0 aromatic heterocycles. The maximum atomic E-state index is 13.0. The zero-order valence-electron chi connectivity index (χ0n) is 13.7. The molecular formula is C18H22ClFN2O2. The molecule has 24 heavy (non-hydrogen) atoms. The van der Waals surface area contributed by atoms with Crippen LogP contribution >= 0.6 is 12.4 Å². The van der Waals surface area contributed by atoms with Crippen molar-refractivity contribution in [3.05, 3.63) is 71.0 Å². The third kappa shape index (κ3) is 5.30. The van der Waals surface area contributed by atoms with Crippen molar-refractivity contribution in [3.63, 3.8) is 0 Å². The average Bonchev–Trinajstić information content (AvgIpc) is 2.56. The van der Waals surface area contributed by atoms with Crippen LogP contribution in [0.25, 0.3) is 0 Å². The van der Waals surface area contributed by atoms with E-state index in [0.717, 1.165) is 16.7 Å². The van der Waals surface area contributed by atoms with E-state index >= 15 is 0 Å². The molecule has 2 rings (SSSR count). The van der Waals surface area contributed by atoms with Crippen LogP contribution in [0, 0.1) is 12.7 Å². The van der Waals surface area contributed by atoms with Crippen LogP contribution < -0.4 is 11.1 Å². The Morgan fingerprint density at radius 1 is 1.12 bits per heavy atom. The van der Waals surface area contributed by atoms with Crippen molar-refractivity contribution >= 4 is 18.3 Å². The van der Waals surface area contributed by atoms with Gasteiger partial charge in [-0.25, -0.2) is 4.39 Å². The molecular weight excluding hydrogens is 331 g/mol. The minimum absolute atomic E-state index is 0. The van der Waals surface area contributed by atoms with E-state index in [-0.39, 0.29) is 36.8 Å². The second-order valence-corrected chi connectivity index (χ2v) is 5.41. The molecule has 0 bridgehead atoms. The summed E-state index contributed by atoms with van der Waals surface area (Å²) in [7, 11) is 1.54. The minimum Gasteiger partial charge on any atom is -0.375 e. The zero-order chi connectivity index (χ0) is 16.8. The fourth-order valence-electron chi connectivity index (χ4n) is 2.24. The van der Waals surface area contributed by atoms with Gasteiger partial charge in [0.15, 0.2) is 0 Å². The van der Waals surface area contributed by atoms with E-state index in [4.69, 9.17) is 10.5 Å². The molecule has 0 spiro atoms. The Labute approximate surface area is 147 Å². The molecule has 130 valence electrons. The van der Waals surface area contributed by atoms with Gasteiger partial charge in [-0.2, -0.15) is 0 Å². The highest BCUT2D eigenvalue weighted by Gasteiger charge is 2.18. The molecule has 3 N–H and O–H groups in total. The number of nitrogens with one attached hydrogen (secondary N) is 1. The van der Waals surface area contributed by atoms with E-state index in [9.17, 15) is 9.18 Å². The fraction of sp³-hybridized carbons (Fsp3) is 0.278. The van der Waals surface area contributed by atoms with Crippen molar-refractivity contribution in [2.45, 2.75) is 19.1 Å². The molecule has 6 heteroatoms. The van der Waals surface area contributed by atoms with E-state index in [1.54, 1.807) is 19.2 Å². The van der Waals surface area contributed by atoms with E-state index in [1.165, 1.54) is 12.1 Å². The minimum atomic E-state index is -0.735. The number of benzene rings is 2. The van der Waals surface area contributed by atoms with E-state index < -0.39 is 6.04 Å². The van der Waals surface area contributed by atoms with Gasteiger partial charge in [0.05, 0.1) is 6.10 Å². The molecule has 0 aliphatic carbocycles. The molecule has 4 nitrogen and oxygen atoms in total. The molecule has 2 aromatic rings. The number of hydrogen-bond donors (Lipinski definition) is 2. The third-order valence-corrected chi connectivity index (χ3v) is 3.71. The monoisotopic (exact) mass is 352 g/mol. The van der Waals surface area contributed by atoms with Crippen molar-refractivity contribution in [2.75, 3.05) is 13.7 Å². The average molecular weight is 353 g/mol. The highest BCUT2D eigenvalue weighted by molar-refractivity contribution is 5.85. The van der Waals surface area contributed by atoms with Crippen molar-refractivity contribution in [2.24, 2.45) is 5.73 Å². The van der Waals surface area contributed by atoms with Crippen molar-refractivity contribution in [1.29, 1.82) is 0 Å². The molecule has 2 unspecified atom stereocenters. The number of rotatable bonds is 6. The number of aryl methyl sites for hydroxylation is 1. The van der Waals surface area contributed by atoms with E-state index in [2.05, 4.69) is 5.32 Å². The Hall–Kier alpha value is -1.95. The predicted molar refractivity (Wildman–Crippen MR) is 94.5 cm³/mol. The topological polar surface area (TPSA) is 64.3 Å². The summed E-state index contributed by atoms with van der Waals surface area (Å²) in [6, 6.07) is 12.8. The molecule has 1 amide bonds. The lowest BCUT2D eigenvalue weighted by Gasteiger charge is -2.18. The van der Waals surface area contributed by atoms with Gasteiger partial charge >= 0.3 is 0 Å². The normalized spacial score (nSPS) is 12.8. The predicted octanol–water partition coefficient (Wildman–Crippen LogP) is 3.06. The first-order valence-corrected chi connectivity index (χ1v) is 7.39. The van der Waals surface area contributed by atoms with Crippen molar-refractivity contribution < 1.29 is 13.9 Å². The number of amides is 1. The molecule has 0 aliphatic heterocycles. The van der Waals surface area contributed by atoms with Gasteiger partial charge in [-0.15, -0.1) is 12.4 Å². The van der Waals surface area contributed by atoms with Crippen LogP contribution in [0.2, 0.25) is 0 Å². The molecule has 0 saturated carbocycles. The van der Waals surface area contributed by atoms with Crippen molar-refractivity contribution in [1.82, 2.24) is 5.32 Å². The largest absolute Gasteiger partial charge is 0.375 e. The molecule has 0 heterocycles. The molecule has 2 aromatic carbocycles. The number of nitrogens with two attached hydrogens (primary N) is 1. The van der Waals surface area contributed by atoms with Crippen LogP contribution in [0.5, 0.6) is 0 Å².